The molecule has 0 rings (SSSR count). The molecule has 2 atom stereocenters. The number of rotatable bonds is 9. The van der Waals surface area contributed by atoms with Gasteiger partial charge in [0.25, 0.3) is 0 Å². The molecule has 0 aromatic carbocycles. The quantitative estimate of drug-likeness (QED) is 0.667. The molecule has 0 aromatic heterocycles. The van der Waals surface area contributed by atoms with Crippen molar-refractivity contribution in [2.75, 3.05) is 13.7 Å². The van der Waals surface area contributed by atoms with Gasteiger partial charge in [-0.05, 0) is 30.7 Å². The van der Waals surface area contributed by atoms with Crippen LogP contribution in [-0.2, 0) is 4.74 Å². The largest absolute Gasteiger partial charge is 0.379 e. The van der Waals surface area contributed by atoms with Gasteiger partial charge in [0, 0.05) is 13.2 Å². The molecule has 18 heavy (non-hydrogen) atoms. The van der Waals surface area contributed by atoms with Crippen molar-refractivity contribution in [1.82, 2.24) is 5.32 Å². The highest BCUT2D eigenvalue weighted by molar-refractivity contribution is 4.86. The van der Waals surface area contributed by atoms with Gasteiger partial charge in [-0.15, -0.1) is 0 Å². The smallest absolute Gasteiger partial charge is 0.0772 e. The topological polar surface area (TPSA) is 21.3 Å². The van der Waals surface area contributed by atoms with E-state index in [-0.39, 0.29) is 11.5 Å². The molecule has 2 unspecified atom stereocenters. The fraction of sp³-hybridized carbons (Fsp3) is 1.00. The minimum atomic E-state index is 0.192. The molecule has 0 fully saturated rings. The summed E-state index contributed by atoms with van der Waals surface area (Å²) in [6.07, 6.45) is 5.28. The summed E-state index contributed by atoms with van der Waals surface area (Å²) in [6.45, 7) is 14.7. The third kappa shape index (κ3) is 7.38. The van der Waals surface area contributed by atoms with Crippen molar-refractivity contribution in [3.05, 3.63) is 0 Å². The van der Waals surface area contributed by atoms with Gasteiger partial charge in [0.2, 0.25) is 0 Å². The van der Waals surface area contributed by atoms with Crippen molar-refractivity contribution in [1.29, 1.82) is 0 Å². The molecule has 110 valence electrons. The number of hydrogen-bond acceptors (Lipinski definition) is 2. The lowest BCUT2D eigenvalue weighted by molar-refractivity contribution is -0.0137. The van der Waals surface area contributed by atoms with Gasteiger partial charge in [-0.3, -0.25) is 0 Å². The predicted octanol–water partition coefficient (Wildman–Crippen LogP) is 4.24. The Bertz CT molecular complexity index is 196. The van der Waals surface area contributed by atoms with E-state index in [1.807, 2.05) is 7.11 Å². The van der Waals surface area contributed by atoms with E-state index in [1.165, 1.54) is 25.7 Å². The van der Waals surface area contributed by atoms with Crippen LogP contribution in [0, 0.1) is 11.3 Å². The van der Waals surface area contributed by atoms with Crippen LogP contribution in [0.2, 0.25) is 0 Å². The van der Waals surface area contributed by atoms with E-state index >= 15 is 0 Å². The van der Waals surface area contributed by atoms with Crippen molar-refractivity contribution >= 4 is 0 Å². The summed E-state index contributed by atoms with van der Waals surface area (Å²) in [5, 5.41) is 3.68. The van der Waals surface area contributed by atoms with Crippen molar-refractivity contribution in [3.8, 4) is 0 Å². The van der Waals surface area contributed by atoms with Crippen molar-refractivity contribution < 1.29 is 4.74 Å². The Morgan fingerprint density at radius 2 is 1.72 bits per heavy atom. The normalized spacial score (nSPS) is 16.0. The zero-order chi connectivity index (χ0) is 14.2. The summed E-state index contributed by atoms with van der Waals surface area (Å²) in [4.78, 5) is 0. The Morgan fingerprint density at radius 1 is 1.11 bits per heavy atom. The van der Waals surface area contributed by atoms with E-state index in [1.54, 1.807) is 0 Å². The van der Waals surface area contributed by atoms with Gasteiger partial charge >= 0.3 is 0 Å². The zero-order valence-electron chi connectivity index (χ0n) is 13.7. The van der Waals surface area contributed by atoms with Crippen LogP contribution in [-0.4, -0.2) is 25.8 Å². The maximum Gasteiger partial charge on any atom is 0.0772 e. The molecule has 2 nitrogen and oxygen atoms in total. The van der Waals surface area contributed by atoms with E-state index < -0.39 is 0 Å². The lowest BCUT2D eigenvalue weighted by Crippen LogP contribution is -2.48. The molecule has 0 aliphatic heterocycles. The fourth-order valence-corrected chi connectivity index (χ4v) is 2.56. The second-order valence-electron chi connectivity index (χ2n) is 6.91. The van der Waals surface area contributed by atoms with Crippen LogP contribution in [0.3, 0.4) is 0 Å². The fourth-order valence-electron chi connectivity index (χ4n) is 2.56. The van der Waals surface area contributed by atoms with Crippen molar-refractivity contribution in [3.63, 3.8) is 0 Å². The minimum Gasteiger partial charge on any atom is -0.379 e. The van der Waals surface area contributed by atoms with Gasteiger partial charge in [0.1, 0.15) is 0 Å². The lowest BCUT2D eigenvalue weighted by atomic mass is 9.82. The molecule has 0 radical (unpaired) electrons. The first-order valence-corrected chi connectivity index (χ1v) is 7.59. The average Bonchev–Trinajstić information content (AvgIpc) is 2.23. The molecule has 0 aliphatic rings. The first kappa shape index (κ1) is 17.9. The third-order valence-corrected chi connectivity index (χ3v) is 3.43. The highest BCUT2D eigenvalue weighted by Crippen LogP contribution is 2.27. The molecule has 0 bridgehead atoms. The standard InChI is InChI=1S/C16H35NO/c1-8-12-17-14(11-9-10-13(2)3)15(18-7)16(4,5)6/h13-15,17H,8-12H2,1-7H3. The second kappa shape index (κ2) is 8.92. The molecule has 2 heteroatoms. The average molecular weight is 257 g/mol. The maximum atomic E-state index is 5.77. The summed E-state index contributed by atoms with van der Waals surface area (Å²) in [5.41, 5.74) is 0.192. The first-order chi connectivity index (χ1) is 8.32. The van der Waals surface area contributed by atoms with Crippen molar-refractivity contribution in [2.24, 2.45) is 11.3 Å². The van der Waals surface area contributed by atoms with Crippen LogP contribution in [0.4, 0.5) is 0 Å². The SMILES string of the molecule is CCCNC(CCCC(C)C)C(OC)C(C)(C)C. The van der Waals surface area contributed by atoms with Crippen LogP contribution in [0.15, 0.2) is 0 Å². The van der Waals surface area contributed by atoms with Crippen LogP contribution < -0.4 is 5.32 Å². The number of ether oxygens (including phenoxy) is 1. The minimum absolute atomic E-state index is 0.192. The van der Waals surface area contributed by atoms with Crippen LogP contribution in [0.1, 0.15) is 67.2 Å². The maximum absolute atomic E-state index is 5.77. The van der Waals surface area contributed by atoms with E-state index in [2.05, 4.69) is 46.9 Å². The van der Waals surface area contributed by atoms with Gasteiger partial charge in [-0.25, -0.2) is 0 Å². The van der Waals surface area contributed by atoms with Crippen LogP contribution >= 0.6 is 0 Å². The van der Waals surface area contributed by atoms with Crippen LogP contribution in [0.25, 0.3) is 0 Å². The molecule has 0 aliphatic carbocycles. The molecule has 0 spiro atoms. The lowest BCUT2D eigenvalue weighted by Gasteiger charge is -2.36. The molecule has 0 aromatic rings. The molecule has 1 N–H and O–H groups in total. The first-order valence-electron chi connectivity index (χ1n) is 7.59. The second-order valence-corrected chi connectivity index (χ2v) is 6.91. The van der Waals surface area contributed by atoms with Crippen molar-refractivity contribution in [2.45, 2.75) is 79.4 Å². The van der Waals surface area contributed by atoms with Gasteiger partial charge in [0.05, 0.1) is 6.10 Å². The molecule has 0 amide bonds. The predicted molar refractivity (Wildman–Crippen MR) is 81.0 cm³/mol. The molecule has 0 heterocycles. The van der Waals surface area contributed by atoms with Gasteiger partial charge in [0.15, 0.2) is 0 Å². The Hall–Kier alpha value is -0.0800. The molecule has 0 saturated heterocycles. The van der Waals surface area contributed by atoms with E-state index in [9.17, 15) is 0 Å². The number of nitrogens with one attached hydrogen (secondary N) is 1. The molecule has 0 saturated carbocycles. The van der Waals surface area contributed by atoms with Gasteiger partial charge in [-0.2, -0.15) is 0 Å². The Kier molecular flexibility index (Phi) is 8.89. The van der Waals surface area contributed by atoms with E-state index in [4.69, 9.17) is 4.74 Å². The Balaban J connectivity index is 4.43. The summed E-state index contributed by atoms with van der Waals surface area (Å²) >= 11 is 0. The highest BCUT2D eigenvalue weighted by atomic mass is 16.5. The number of hydrogen-bond donors (Lipinski definition) is 1. The Labute approximate surface area is 115 Å². The van der Waals surface area contributed by atoms with E-state index in [0.29, 0.717) is 6.04 Å². The highest BCUT2D eigenvalue weighted by Gasteiger charge is 2.31. The van der Waals surface area contributed by atoms with Gasteiger partial charge in [-0.1, -0.05) is 54.4 Å². The van der Waals surface area contributed by atoms with Crippen LogP contribution in [0.5, 0.6) is 0 Å². The molecular weight excluding hydrogens is 222 g/mol. The summed E-state index contributed by atoms with van der Waals surface area (Å²) in [5.74, 6) is 0.799. The zero-order valence-corrected chi connectivity index (χ0v) is 13.7. The third-order valence-electron chi connectivity index (χ3n) is 3.43. The summed E-state index contributed by atoms with van der Waals surface area (Å²) < 4.78 is 5.77. The molecular formula is C16H35NO. The monoisotopic (exact) mass is 257 g/mol. The summed E-state index contributed by atoms with van der Waals surface area (Å²) in [6, 6.07) is 0.480. The van der Waals surface area contributed by atoms with E-state index in [0.717, 1.165) is 12.5 Å². The Morgan fingerprint density at radius 3 is 2.11 bits per heavy atom. The number of methoxy groups -OCH3 is 1. The summed E-state index contributed by atoms with van der Waals surface area (Å²) in [7, 11) is 1.85. The van der Waals surface area contributed by atoms with Gasteiger partial charge < -0.3 is 10.1 Å².